The second kappa shape index (κ2) is 5.78. The van der Waals surface area contributed by atoms with Gasteiger partial charge in [-0.2, -0.15) is 0 Å². The summed E-state index contributed by atoms with van der Waals surface area (Å²) in [5, 5.41) is 20.2. The summed E-state index contributed by atoms with van der Waals surface area (Å²) in [7, 11) is 0. The van der Waals surface area contributed by atoms with Crippen LogP contribution in [-0.4, -0.2) is 25.2 Å². The number of hydrogen-bond donors (Lipinski definition) is 5. The Morgan fingerprint density at radius 2 is 1.24 bits per heavy atom. The number of H-pyrrole nitrogens is 3. The lowest BCUT2D eigenvalue weighted by Crippen LogP contribution is -2.34. The number of benzene rings is 2. The summed E-state index contributed by atoms with van der Waals surface area (Å²) in [6, 6.07) is 10.6. The molecule has 0 unspecified atom stereocenters. The zero-order chi connectivity index (χ0) is 15.4. The van der Waals surface area contributed by atoms with Crippen LogP contribution in [0.5, 0.6) is 11.5 Å². The topological polar surface area (TPSA) is 139 Å². The van der Waals surface area contributed by atoms with Gasteiger partial charge in [-0.1, -0.05) is 30.3 Å². The van der Waals surface area contributed by atoms with Crippen molar-refractivity contribution >= 4 is 10.8 Å². The zero-order valence-corrected chi connectivity index (χ0v) is 10.6. The van der Waals surface area contributed by atoms with Crippen molar-refractivity contribution < 1.29 is 10.2 Å². The van der Waals surface area contributed by atoms with Crippen molar-refractivity contribution in [3.8, 4) is 11.5 Å². The predicted octanol–water partition coefficient (Wildman–Crippen LogP) is 0.00250. The van der Waals surface area contributed by atoms with Gasteiger partial charge in [0.1, 0.15) is 0 Å². The standard InChI is InChI=1S/C10H8O2.C3H3N3O3/c11-9-6-5-7-3-1-2-4-8(7)10(9)12;7-1-4-2(8)6-3(9)5-1/h1-6,11-12H;(H3,4,5,6,7,8,9). The molecule has 0 aliphatic heterocycles. The van der Waals surface area contributed by atoms with Gasteiger partial charge in [0, 0.05) is 5.39 Å². The number of phenols is 2. The highest BCUT2D eigenvalue weighted by Crippen LogP contribution is 2.32. The molecule has 1 heterocycles. The molecule has 0 radical (unpaired) electrons. The molecule has 0 atom stereocenters. The maximum atomic E-state index is 10.2. The van der Waals surface area contributed by atoms with Crippen LogP contribution >= 0.6 is 0 Å². The number of fused-ring (bicyclic) bond motifs is 1. The lowest BCUT2D eigenvalue weighted by Gasteiger charge is -2.01. The molecule has 0 saturated heterocycles. The van der Waals surface area contributed by atoms with E-state index in [1.165, 1.54) is 6.07 Å². The van der Waals surface area contributed by atoms with Crippen molar-refractivity contribution in [2.45, 2.75) is 0 Å². The van der Waals surface area contributed by atoms with Crippen LogP contribution in [0.15, 0.2) is 50.8 Å². The number of nitrogens with one attached hydrogen (secondary N) is 3. The molecule has 0 saturated carbocycles. The minimum absolute atomic E-state index is 0.0481. The molecule has 21 heavy (non-hydrogen) atoms. The Bertz CT molecular complexity index is 860. The van der Waals surface area contributed by atoms with Crippen LogP contribution in [0.2, 0.25) is 0 Å². The summed E-state index contributed by atoms with van der Waals surface area (Å²) in [5.41, 5.74) is -2.41. The van der Waals surface area contributed by atoms with Crippen LogP contribution in [0.25, 0.3) is 10.8 Å². The Morgan fingerprint density at radius 1 is 0.714 bits per heavy atom. The fourth-order valence-corrected chi connectivity index (χ4v) is 1.65. The first kappa shape index (κ1) is 14.1. The van der Waals surface area contributed by atoms with E-state index in [1.54, 1.807) is 27.1 Å². The van der Waals surface area contributed by atoms with Crippen molar-refractivity contribution in [2.75, 3.05) is 0 Å². The Morgan fingerprint density at radius 3 is 1.81 bits per heavy atom. The van der Waals surface area contributed by atoms with Crippen molar-refractivity contribution in [3.63, 3.8) is 0 Å². The predicted molar refractivity (Wildman–Crippen MR) is 75.6 cm³/mol. The Kier molecular flexibility index (Phi) is 3.89. The first-order chi connectivity index (χ1) is 9.97. The van der Waals surface area contributed by atoms with Crippen LogP contribution in [0.4, 0.5) is 0 Å². The molecule has 0 bridgehead atoms. The summed E-state index contributed by atoms with van der Waals surface area (Å²) < 4.78 is 0. The number of aromatic hydroxyl groups is 2. The quantitative estimate of drug-likeness (QED) is 0.371. The minimum atomic E-state index is -0.802. The maximum Gasteiger partial charge on any atom is 0.330 e. The summed E-state index contributed by atoms with van der Waals surface area (Å²) >= 11 is 0. The number of rotatable bonds is 0. The largest absolute Gasteiger partial charge is 0.504 e. The van der Waals surface area contributed by atoms with E-state index in [-0.39, 0.29) is 11.5 Å². The molecule has 0 amide bonds. The van der Waals surface area contributed by atoms with Gasteiger partial charge in [-0.15, -0.1) is 0 Å². The fraction of sp³-hybridized carbons (Fsp3) is 0. The van der Waals surface area contributed by atoms with Gasteiger partial charge in [0.2, 0.25) is 0 Å². The first-order valence-corrected chi connectivity index (χ1v) is 5.80. The zero-order valence-electron chi connectivity index (χ0n) is 10.6. The van der Waals surface area contributed by atoms with E-state index < -0.39 is 17.1 Å². The second-order valence-corrected chi connectivity index (χ2v) is 4.02. The third-order valence-corrected chi connectivity index (χ3v) is 2.56. The average Bonchev–Trinajstić information content (AvgIpc) is 2.42. The van der Waals surface area contributed by atoms with Gasteiger partial charge in [0.15, 0.2) is 11.5 Å². The highest BCUT2D eigenvalue weighted by Gasteiger charge is 2.02. The molecule has 1 aromatic heterocycles. The highest BCUT2D eigenvalue weighted by molar-refractivity contribution is 5.90. The van der Waals surface area contributed by atoms with E-state index in [9.17, 15) is 19.5 Å². The second-order valence-electron chi connectivity index (χ2n) is 4.02. The van der Waals surface area contributed by atoms with Crippen molar-refractivity contribution in [1.29, 1.82) is 0 Å². The summed E-state index contributed by atoms with van der Waals surface area (Å²) in [6.07, 6.45) is 0. The molecule has 8 heteroatoms. The normalized spacial score (nSPS) is 9.90. The number of aromatic nitrogens is 3. The monoisotopic (exact) mass is 289 g/mol. The summed E-state index contributed by atoms with van der Waals surface area (Å²) in [5.74, 6) is -0.123. The van der Waals surface area contributed by atoms with Crippen LogP contribution in [0.3, 0.4) is 0 Å². The Balaban J connectivity index is 0.000000161. The smallest absolute Gasteiger partial charge is 0.330 e. The summed E-state index contributed by atoms with van der Waals surface area (Å²) in [6.45, 7) is 0. The molecule has 108 valence electrons. The number of phenolic OH excluding ortho intramolecular Hbond substituents is 2. The van der Waals surface area contributed by atoms with Gasteiger partial charge < -0.3 is 10.2 Å². The maximum absolute atomic E-state index is 10.2. The Hall–Kier alpha value is -3.29. The van der Waals surface area contributed by atoms with Crippen LogP contribution in [0.1, 0.15) is 0 Å². The van der Waals surface area contributed by atoms with Gasteiger partial charge in [-0.25, -0.2) is 14.4 Å². The van der Waals surface area contributed by atoms with E-state index in [0.29, 0.717) is 5.39 Å². The van der Waals surface area contributed by atoms with Crippen LogP contribution in [-0.2, 0) is 0 Å². The molecule has 5 N–H and O–H groups in total. The molecule has 3 aromatic rings. The average molecular weight is 289 g/mol. The van der Waals surface area contributed by atoms with E-state index >= 15 is 0 Å². The fourth-order valence-electron chi connectivity index (χ4n) is 1.65. The van der Waals surface area contributed by atoms with Crippen LogP contribution in [0, 0.1) is 0 Å². The van der Waals surface area contributed by atoms with E-state index in [2.05, 4.69) is 0 Å². The molecule has 0 aliphatic rings. The SMILES string of the molecule is O=c1[nH]c(=O)[nH]c(=O)[nH]1.Oc1ccc2ccccc2c1O. The van der Waals surface area contributed by atoms with Gasteiger partial charge >= 0.3 is 17.1 Å². The van der Waals surface area contributed by atoms with Crippen LogP contribution < -0.4 is 17.1 Å². The lowest BCUT2D eigenvalue weighted by atomic mass is 10.1. The van der Waals surface area contributed by atoms with E-state index in [4.69, 9.17) is 5.11 Å². The minimum Gasteiger partial charge on any atom is -0.504 e. The summed E-state index contributed by atoms with van der Waals surface area (Å²) in [4.78, 5) is 35.9. The molecule has 8 nitrogen and oxygen atoms in total. The molecule has 0 spiro atoms. The van der Waals surface area contributed by atoms with Gasteiger partial charge in [-0.3, -0.25) is 15.0 Å². The number of hydrogen-bond acceptors (Lipinski definition) is 5. The number of aromatic amines is 3. The van der Waals surface area contributed by atoms with Gasteiger partial charge in [0.05, 0.1) is 0 Å². The molecule has 2 aromatic carbocycles. The van der Waals surface area contributed by atoms with E-state index in [1.807, 2.05) is 18.2 Å². The molecular formula is C13H11N3O5. The molecule has 0 aliphatic carbocycles. The molecule has 0 fully saturated rings. The highest BCUT2D eigenvalue weighted by atomic mass is 16.3. The van der Waals surface area contributed by atoms with Crippen molar-refractivity contribution in [3.05, 3.63) is 67.9 Å². The first-order valence-electron chi connectivity index (χ1n) is 5.80. The van der Waals surface area contributed by atoms with Gasteiger partial charge in [-0.05, 0) is 11.5 Å². The lowest BCUT2D eigenvalue weighted by molar-refractivity contribution is 0.408. The van der Waals surface area contributed by atoms with E-state index in [0.717, 1.165) is 5.39 Å². The third-order valence-electron chi connectivity index (χ3n) is 2.56. The third kappa shape index (κ3) is 3.38. The van der Waals surface area contributed by atoms with Crippen molar-refractivity contribution in [2.24, 2.45) is 0 Å². The Labute approximate surface area is 116 Å². The molecular weight excluding hydrogens is 278 g/mol. The van der Waals surface area contributed by atoms with Crippen molar-refractivity contribution in [1.82, 2.24) is 15.0 Å². The van der Waals surface area contributed by atoms with Gasteiger partial charge in [0.25, 0.3) is 0 Å². The molecule has 3 rings (SSSR count).